The molecule has 1 aromatic rings. The van der Waals surface area contributed by atoms with Crippen LogP contribution in [0.2, 0.25) is 0 Å². The molecule has 0 radical (unpaired) electrons. The molecule has 2 unspecified atom stereocenters. The van der Waals surface area contributed by atoms with Crippen molar-refractivity contribution < 1.29 is 9.59 Å². The zero-order valence-corrected chi connectivity index (χ0v) is 16.4. The predicted molar refractivity (Wildman–Crippen MR) is 98.7 cm³/mol. The number of nitrogens with zero attached hydrogens (tertiary/aromatic N) is 1. The molecule has 1 N–H and O–H groups in total. The number of halogens is 1. The van der Waals surface area contributed by atoms with Gasteiger partial charge in [0.05, 0.1) is 5.69 Å². The number of hydrogen-bond donors (Lipinski definition) is 1. The number of fused-ring (bicyclic) bond motifs is 2. The zero-order valence-electron chi connectivity index (χ0n) is 14.8. The van der Waals surface area contributed by atoms with Gasteiger partial charge in [0.25, 0.3) is 0 Å². The van der Waals surface area contributed by atoms with E-state index in [4.69, 9.17) is 0 Å². The quantitative estimate of drug-likeness (QED) is 0.730. The van der Waals surface area contributed by atoms with E-state index >= 15 is 0 Å². The van der Waals surface area contributed by atoms with E-state index in [0.717, 1.165) is 29.3 Å². The maximum Gasteiger partial charge on any atom is 0.313 e. The van der Waals surface area contributed by atoms with Crippen LogP contribution in [0.5, 0.6) is 0 Å². The van der Waals surface area contributed by atoms with E-state index in [1.54, 1.807) is 4.90 Å². The average Bonchev–Trinajstić information content (AvgIpc) is 2.70. The smallest absolute Gasteiger partial charge is 0.313 e. The summed E-state index contributed by atoms with van der Waals surface area (Å²) >= 11 is 3.44. The van der Waals surface area contributed by atoms with E-state index in [-0.39, 0.29) is 16.9 Å². The number of carbonyl (C=O) groups excluding carboxylic acids is 2. The second-order valence-electron chi connectivity index (χ2n) is 8.58. The molecule has 4 nitrogen and oxygen atoms in total. The van der Waals surface area contributed by atoms with Gasteiger partial charge >= 0.3 is 11.8 Å². The number of likely N-dealkylation sites (tertiary alicyclic amines) is 1. The molecule has 2 bridgehead atoms. The van der Waals surface area contributed by atoms with Crippen LogP contribution in [0.4, 0.5) is 5.69 Å². The third-order valence-corrected chi connectivity index (χ3v) is 5.90. The van der Waals surface area contributed by atoms with Gasteiger partial charge in [-0.15, -0.1) is 0 Å². The van der Waals surface area contributed by atoms with Crippen molar-refractivity contribution in [1.29, 1.82) is 0 Å². The van der Waals surface area contributed by atoms with E-state index in [1.807, 2.05) is 25.1 Å². The highest BCUT2D eigenvalue weighted by molar-refractivity contribution is 9.10. The van der Waals surface area contributed by atoms with Gasteiger partial charge in [0.1, 0.15) is 0 Å². The Morgan fingerprint density at radius 1 is 1.25 bits per heavy atom. The van der Waals surface area contributed by atoms with E-state index in [0.29, 0.717) is 12.2 Å². The molecule has 2 fully saturated rings. The maximum atomic E-state index is 12.7. The number of carbonyl (C=O) groups is 2. The Morgan fingerprint density at radius 3 is 2.62 bits per heavy atom. The van der Waals surface area contributed by atoms with Gasteiger partial charge in [-0.3, -0.25) is 9.59 Å². The minimum atomic E-state index is -0.548. The first-order valence-electron chi connectivity index (χ1n) is 8.47. The molecule has 1 saturated heterocycles. The molecule has 5 heteroatoms. The molecule has 1 heterocycles. The summed E-state index contributed by atoms with van der Waals surface area (Å²) in [7, 11) is 0. The molecular formula is C19H25BrN2O2. The Labute approximate surface area is 152 Å². The minimum absolute atomic E-state index is 0.132. The molecule has 1 saturated carbocycles. The third-order valence-electron chi connectivity index (χ3n) is 5.24. The number of rotatable bonds is 1. The third kappa shape index (κ3) is 3.37. The highest BCUT2D eigenvalue weighted by atomic mass is 79.9. The molecular weight excluding hydrogens is 368 g/mol. The van der Waals surface area contributed by atoms with Crippen LogP contribution in [0.1, 0.15) is 45.6 Å². The van der Waals surface area contributed by atoms with Gasteiger partial charge < -0.3 is 10.2 Å². The number of aryl methyl sites for hydroxylation is 1. The molecule has 1 aromatic carbocycles. The monoisotopic (exact) mass is 392 g/mol. The van der Waals surface area contributed by atoms with Crippen molar-refractivity contribution in [2.24, 2.45) is 10.8 Å². The Kier molecular flexibility index (Phi) is 4.27. The van der Waals surface area contributed by atoms with Gasteiger partial charge in [-0.05, 0) is 70.6 Å². The molecule has 0 aromatic heterocycles. The molecule has 24 heavy (non-hydrogen) atoms. The summed E-state index contributed by atoms with van der Waals surface area (Å²) < 4.78 is 0.789. The fraction of sp³-hybridized carbons (Fsp3) is 0.579. The summed E-state index contributed by atoms with van der Waals surface area (Å²) in [6.07, 6.45) is 3.07. The van der Waals surface area contributed by atoms with Crippen LogP contribution in [0.3, 0.4) is 0 Å². The predicted octanol–water partition coefficient (Wildman–Crippen LogP) is 4.12. The van der Waals surface area contributed by atoms with Crippen molar-refractivity contribution in [1.82, 2.24) is 4.90 Å². The van der Waals surface area contributed by atoms with E-state index in [9.17, 15) is 9.59 Å². The first-order valence-corrected chi connectivity index (χ1v) is 9.26. The highest BCUT2D eigenvalue weighted by Crippen LogP contribution is 2.52. The Bertz CT molecular complexity index is 701. The molecule has 2 amide bonds. The maximum absolute atomic E-state index is 12.7. The van der Waals surface area contributed by atoms with Crippen LogP contribution < -0.4 is 5.32 Å². The van der Waals surface area contributed by atoms with E-state index in [1.165, 1.54) is 0 Å². The summed E-state index contributed by atoms with van der Waals surface area (Å²) in [5.41, 5.74) is 2.08. The first kappa shape index (κ1) is 17.5. The van der Waals surface area contributed by atoms with Gasteiger partial charge in [-0.25, -0.2) is 0 Å². The first-order chi connectivity index (χ1) is 11.1. The molecule has 130 valence electrons. The number of nitrogens with one attached hydrogen (secondary N) is 1. The van der Waals surface area contributed by atoms with Crippen molar-refractivity contribution in [3.05, 3.63) is 28.2 Å². The van der Waals surface area contributed by atoms with Crippen molar-refractivity contribution in [2.75, 3.05) is 11.9 Å². The lowest BCUT2D eigenvalue weighted by atomic mass is 9.65. The zero-order chi connectivity index (χ0) is 17.7. The van der Waals surface area contributed by atoms with Crippen LogP contribution in [0, 0.1) is 17.8 Å². The summed E-state index contributed by atoms with van der Waals surface area (Å²) in [5, 5.41) is 2.75. The van der Waals surface area contributed by atoms with Gasteiger partial charge in [0, 0.05) is 17.1 Å². The second kappa shape index (κ2) is 5.87. The van der Waals surface area contributed by atoms with Crippen molar-refractivity contribution in [3.63, 3.8) is 0 Å². The van der Waals surface area contributed by atoms with Crippen LogP contribution in [0.15, 0.2) is 22.7 Å². The molecule has 1 aliphatic carbocycles. The van der Waals surface area contributed by atoms with Gasteiger partial charge in [-0.2, -0.15) is 0 Å². The minimum Gasteiger partial charge on any atom is -0.331 e. The van der Waals surface area contributed by atoms with Crippen LogP contribution in [0.25, 0.3) is 0 Å². The van der Waals surface area contributed by atoms with Gasteiger partial charge in [0.2, 0.25) is 0 Å². The lowest BCUT2D eigenvalue weighted by Crippen LogP contribution is -2.43. The van der Waals surface area contributed by atoms with Crippen molar-refractivity contribution >= 4 is 33.4 Å². The molecule has 2 aliphatic rings. The van der Waals surface area contributed by atoms with E-state index < -0.39 is 11.8 Å². The standard InChI is InChI=1S/C19H25BrN2O2/c1-12-5-6-15(14(20)7-12)21-16(23)17(24)22-11-19(4)9-13(22)8-18(2,3)10-19/h5-7,13H,8-11H2,1-4H3,(H,21,23). The van der Waals surface area contributed by atoms with Crippen molar-refractivity contribution in [2.45, 2.75) is 53.0 Å². The van der Waals surface area contributed by atoms with E-state index in [2.05, 4.69) is 42.0 Å². The second-order valence-corrected chi connectivity index (χ2v) is 9.44. The largest absolute Gasteiger partial charge is 0.331 e. The molecule has 1 aliphatic heterocycles. The molecule has 3 rings (SSSR count). The van der Waals surface area contributed by atoms with Crippen LogP contribution in [-0.2, 0) is 9.59 Å². The average molecular weight is 393 g/mol. The molecule has 0 spiro atoms. The Balaban J connectivity index is 1.74. The fourth-order valence-corrected chi connectivity index (χ4v) is 5.32. The molecule has 2 atom stereocenters. The summed E-state index contributed by atoms with van der Waals surface area (Å²) in [5.74, 6) is -0.956. The lowest BCUT2D eigenvalue weighted by molar-refractivity contribution is -0.144. The summed E-state index contributed by atoms with van der Waals surface area (Å²) in [4.78, 5) is 27.0. The number of hydrogen-bond acceptors (Lipinski definition) is 2. The number of amides is 2. The number of benzene rings is 1. The highest BCUT2D eigenvalue weighted by Gasteiger charge is 2.51. The van der Waals surface area contributed by atoms with Gasteiger partial charge in [0.15, 0.2) is 0 Å². The SMILES string of the molecule is Cc1ccc(NC(=O)C(=O)N2CC3(C)CC2CC(C)(C)C3)c(Br)c1. The van der Waals surface area contributed by atoms with Crippen LogP contribution in [-0.4, -0.2) is 29.3 Å². The Hall–Kier alpha value is -1.36. The van der Waals surface area contributed by atoms with Crippen molar-refractivity contribution in [3.8, 4) is 0 Å². The lowest BCUT2D eigenvalue weighted by Gasteiger charge is -2.39. The van der Waals surface area contributed by atoms with Crippen LogP contribution >= 0.6 is 15.9 Å². The Morgan fingerprint density at radius 2 is 1.96 bits per heavy atom. The van der Waals surface area contributed by atoms with Gasteiger partial charge in [-0.1, -0.05) is 26.8 Å². The summed E-state index contributed by atoms with van der Waals surface area (Å²) in [6.45, 7) is 9.42. The summed E-state index contributed by atoms with van der Waals surface area (Å²) in [6, 6.07) is 5.83. The normalized spacial score (nSPS) is 27.9. The number of anilines is 1. The fourth-order valence-electron chi connectivity index (χ4n) is 4.73. The topological polar surface area (TPSA) is 49.4 Å².